The van der Waals surface area contributed by atoms with Gasteiger partial charge in [0.25, 0.3) is 0 Å². The summed E-state index contributed by atoms with van der Waals surface area (Å²) in [6.45, 7) is 0. The largest absolute Gasteiger partial charge is 0.323 e. The molecule has 0 radical (unpaired) electrons. The number of benzene rings is 1. The molecule has 100 valence electrons. The standard InChI is InChI=1S/C13H16F3NS/c14-10-6-5-9(12(15)13(10)16)11(17)7-18-8-3-1-2-4-8/h5-6,8,11H,1-4,7,17H2. The van der Waals surface area contributed by atoms with Crippen molar-refractivity contribution in [1.82, 2.24) is 0 Å². The van der Waals surface area contributed by atoms with Crippen LogP contribution < -0.4 is 5.73 Å². The Bertz CT molecular complexity index is 419. The Morgan fingerprint density at radius 2 is 1.83 bits per heavy atom. The van der Waals surface area contributed by atoms with Crippen molar-refractivity contribution < 1.29 is 13.2 Å². The molecular weight excluding hydrogens is 259 g/mol. The van der Waals surface area contributed by atoms with Crippen LogP contribution in [0.2, 0.25) is 0 Å². The molecule has 1 fully saturated rings. The molecule has 1 atom stereocenters. The first-order chi connectivity index (χ1) is 8.59. The Morgan fingerprint density at radius 1 is 1.17 bits per heavy atom. The van der Waals surface area contributed by atoms with Crippen LogP contribution in [0.25, 0.3) is 0 Å². The lowest BCUT2D eigenvalue weighted by Gasteiger charge is -2.15. The highest BCUT2D eigenvalue weighted by atomic mass is 32.2. The van der Waals surface area contributed by atoms with Crippen molar-refractivity contribution in [3.8, 4) is 0 Å². The zero-order valence-corrected chi connectivity index (χ0v) is 10.8. The van der Waals surface area contributed by atoms with Gasteiger partial charge in [0, 0.05) is 22.6 Å². The summed E-state index contributed by atoms with van der Waals surface area (Å²) in [6.07, 6.45) is 4.79. The number of hydrogen-bond donors (Lipinski definition) is 1. The van der Waals surface area contributed by atoms with Crippen LogP contribution in [0.15, 0.2) is 12.1 Å². The molecule has 1 nitrogen and oxygen atoms in total. The molecule has 0 spiro atoms. The van der Waals surface area contributed by atoms with Crippen LogP contribution in [-0.4, -0.2) is 11.0 Å². The predicted molar refractivity (Wildman–Crippen MR) is 68.0 cm³/mol. The molecule has 1 unspecified atom stereocenters. The summed E-state index contributed by atoms with van der Waals surface area (Å²) in [5.41, 5.74) is 5.90. The zero-order valence-electron chi connectivity index (χ0n) is 9.96. The third-order valence-electron chi connectivity index (χ3n) is 3.28. The fraction of sp³-hybridized carbons (Fsp3) is 0.538. The van der Waals surface area contributed by atoms with Gasteiger partial charge in [-0.2, -0.15) is 11.8 Å². The maximum Gasteiger partial charge on any atom is 0.194 e. The molecule has 0 aliphatic heterocycles. The minimum atomic E-state index is -1.44. The number of halogens is 3. The Hall–Kier alpha value is -0.680. The molecule has 2 N–H and O–H groups in total. The van der Waals surface area contributed by atoms with Crippen molar-refractivity contribution in [3.05, 3.63) is 35.1 Å². The lowest BCUT2D eigenvalue weighted by atomic mass is 10.1. The van der Waals surface area contributed by atoms with Gasteiger partial charge in [0.1, 0.15) is 0 Å². The van der Waals surface area contributed by atoms with E-state index in [0.717, 1.165) is 18.9 Å². The molecule has 0 amide bonds. The van der Waals surface area contributed by atoms with E-state index in [0.29, 0.717) is 11.0 Å². The quantitative estimate of drug-likeness (QED) is 0.846. The first kappa shape index (κ1) is 13.7. The minimum Gasteiger partial charge on any atom is -0.323 e. The third-order valence-corrected chi connectivity index (χ3v) is 4.77. The van der Waals surface area contributed by atoms with Gasteiger partial charge >= 0.3 is 0 Å². The average molecular weight is 275 g/mol. The number of thioether (sulfide) groups is 1. The molecule has 0 bridgehead atoms. The van der Waals surface area contributed by atoms with Crippen molar-refractivity contribution >= 4 is 11.8 Å². The Morgan fingerprint density at radius 3 is 2.50 bits per heavy atom. The van der Waals surface area contributed by atoms with Crippen LogP contribution >= 0.6 is 11.8 Å². The number of rotatable bonds is 4. The van der Waals surface area contributed by atoms with Crippen LogP contribution in [0.1, 0.15) is 37.3 Å². The fourth-order valence-corrected chi connectivity index (χ4v) is 3.54. The molecule has 0 aromatic heterocycles. The molecule has 1 aliphatic rings. The van der Waals surface area contributed by atoms with Crippen molar-refractivity contribution in [2.24, 2.45) is 5.73 Å². The summed E-state index contributed by atoms with van der Waals surface area (Å²) in [5, 5.41) is 0.574. The molecule has 1 saturated carbocycles. The third kappa shape index (κ3) is 3.01. The van der Waals surface area contributed by atoms with E-state index in [2.05, 4.69) is 0 Å². The molecule has 18 heavy (non-hydrogen) atoms. The highest BCUT2D eigenvalue weighted by molar-refractivity contribution is 7.99. The van der Waals surface area contributed by atoms with Gasteiger partial charge in [-0.05, 0) is 18.9 Å². The molecule has 2 rings (SSSR count). The second-order valence-electron chi connectivity index (χ2n) is 4.61. The van der Waals surface area contributed by atoms with Crippen molar-refractivity contribution in [2.75, 3.05) is 5.75 Å². The van der Waals surface area contributed by atoms with Crippen LogP contribution in [-0.2, 0) is 0 Å². The molecule has 1 aromatic carbocycles. The Kier molecular flexibility index (Phi) is 4.56. The monoisotopic (exact) mass is 275 g/mol. The second-order valence-corrected chi connectivity index (χ2v) is 5.94. The molecule has 0 saturated heterocycles. The minimum absolute atomic E-state index is 0.0550. The summed E-state index contributed by atoms with van der Waals surface area (Å²) in [7, 11) is 0. The van der Waals surface area contributed by atoms with Gasteiger partial charge in [0.15, 0.2) is 17.5 Å². The van der Waals surface area contributed by atoms with E-state index in [1.54, 1.807) is 11.8 Å². The predicted octanol–water partition coefficient (Wildman–Crippen LogP) is 3.78. The summed E-state index contributed by atoms with van der Waals surface area (Å²) >= 11 is 1.70. The van der Waals surface area contributed by atoms with Crippen molar-refractivity contribution in [2.45, 2.75) is 37.0 Å². The van der Waals surface area contributed by atoms with Crippen LogP contribution in [0, 0.1) is 17.5 Å². The van der Waals surface area contributed by atoms with Gasteiger partial charge in [-0.15, -0.1) is 0 Å². The fourth-order valence-electron chi connectivity index (χ4n) is 2.21. The molecule has 1 aromatic rings. The Labute approximate surface area is 109 Å². The molecule has 1 aliphatic carbocycles. The smallest absolute Gasteiger partial charge is 0.194 e. The van der Waals surface area contributed by atoms with E-state index >= 15 is 0 Å². The number of hydrogen-bond acceptors (Lipinski definition) is 2. The van der Waals surface area contributed by atoms with Gasteiger partial charge in [-0.25, -0.2) is 13.2 Å². The maximum atomic E-state index is 13.5. The van der Waals surface area contributed by atoms with E-state index < -0.39 is 23.5 Å². The van der Waals surface area contributed by atoms with Crippen LogP contribution in [0.5, 0.6) is 0 Å². The van der Waals surface area contributed by atoms with E-state index in [1.165, 1.54) is 18.9 Å². The van der Waals surface area contributed by atoms with E-state index in [9.17, 15) is 13.2 Å². The SMILES string of the molecule is NC(CSC1CCCC1)c1ccc(F)c(F)c1F. The van der Waals surface area contributed by atoms with Gasteiger partial charge in [-0.3, -0.25) is 0 Å². The summed E-state index contributed by atoms with van der Waals surface area (Å²) in [5.74, 6) is -3.23. The molecular formula is C13H16F3NS. The first-order valence-electron chi connectivity index (χ1n) is 6.10. The van der Waals surface area contributed by atoms with Gasteiger partial charge in [0.05, 0.1) is 0 Å². The second kappa shape index (κ2) is 5.97. The summed E-state index contributed by atoms with van der Waals surface area (Å²) < 4.78 is 39.4. The van der Waals surface area contributed by atoms with Gasteiger partial charge in [-0.1, -0.05) is 18.9 Å². The summed E-state index contributed by atoms with van der Waals surface area (Å²) in [4.78, 5) is 0. The normalized spacial score (nSPS) is 18.2. The van der Waals surface area contributed by atoms with E-state index in [1.807, 2.05) is 0 Å². The van der Waals surface area contributed by atoms with E-state index in [-0.39, 0.29) is 5.56 Å². The van der Waals surface area contributed by atoms with Crippen LogP contribution in [0.3, 0.4) is 0 Å². The maximum absolute atomic E-state index is 13.5. The Balaban J connectivity index is 1.99. The van der Waals surface area contributed by atoms with Crippen molar-refractivity contribution in [3.63, 3.8) is 0 Å². The number of nitrogens with two attached hydrogens (primary N) is 1. The summed E-state index contributed by atoms with van der Waals surface area (Å²) in [6, 6.07) is 1.56. The average Bonchev–Trinajstić information content (AvgIpc) is 2.86. The molecule has 5 heteroatoms. The van der Waals surface area contributed by atoms with Crippen LogP contribution in [0.4, 0.5) is 13.2 Å². The zero-order chi connectivity index (χ0) is 13.1. The lowest BCUT2D eigenvalue weighted by molar-refractivity contribution is 0.437. The molecule has 0 heterocycles. The van der Waals surface area contributed by atoms with Crippen molar-refractivity contribution in [1.29, 1.82) is 0 Å². The topological polar surface area (TPSA) is 26.0 Å². The lowest BCUT2D eigenvalue weighted by Crippen LogP contribution is -2.17. The first-order valence-corrected chi connectivity index (χ1v) is 7.15. The van der Waals surface area contributed by atoms with E-state index in [4.69, 9.17) is 5.73 Å². The highest BCUT2D eigenvalue weighted by Crippen LogP contribution is 2.32. The van der Waals surface area contributed by atoms with Gasteiger partial charge in [0.2, 0.25) is 0 Å². The van der Waals surface area contributed by atoms with Gasteiger partial charge < -0.3 is 5.73 Å². The highest BCUT2D eigenvalue weighted by Gasteiger charge is 2.21.